The zero-order valence-electron chi connectivity index (χ0n) is 10.1. The Bertz CT molecular complexity index is 470. The molecule has 1 aromatic carbocycles. The molecule has 0 aliphatic rings. The van der Waals surface area contributed by atoms with E-state index in [4.69, 9.17) is 4.74 Å². The van der Waals surface area contributed by atoms with E-state index in [0.717, 1.165) is 42.8 Å². The zero-order chi connectivity index (χ0) is 11.9. The van der Waals surface area contributed by atoms with Crippen LogP contribution in [0.4, 0.5) is 0 Å². The first kappa shape index (κ1) is 11.9. The third kappa shape index (κ3) is 3.43. The number of hydrogen-bond acceptors (Lipinski definition) is 3. The third-order valence-electron chi connectivity index (χ3n) is 2.58. The summed E-state index contributed by atoms with van der Waals surface area (Å²) in [7, 11) is 0. The van der Waals surface area contributed by atoms with Crippen molar-refractivity contribution in [3.05, 3.63) is 36.5 Å². The first-order chi connectivity index (χ1) is 8.40. The predicted molar refractivity (Wildman–Crippen MR) is 70.4 cm³/mol. The normalized spacial score (nSPS) is 10.6. The largest absolute Gasteiger partial charge is 0.492 e. The summed E-state index contributed by atoms with van der Waals surface area (Å²) in [5.41, 5.74) is 1.01. The Kier molecular flexibility index (Phi) is 4.33. The lowest BCUT2D eigenvalue weighted by Crippen LogP contribution is -2.16. The van der Waals surface area contributed by atoms with E-state index in [1.54, 1.807) is 6.20 Å². The number of ether oxygens (including phenoxy) is 1. The van der Waals surface area contributed by atoms with Crippen LogP contribution in [0.2, 0.25) is 0 Å². The molecule has 0 aliphatic heterocycles. The van der Waals surface area contributed by atoms with Crippen LogP contribution in [0.25, 0.3) is 10.9 Å². The Morgan fingerprint density at radius 1 is 1.29 bits per heavy atom. The number of rotatable bonds is 6. The SMILES string of the molecule is CCNCCCOc1cnc2ccccc2c1. The highest BCUT2D eigenvalue weighted by Crippen LogP contribution is 2.17. The van der Waals surface area contributed by atoms with Gasteiger partial charge in [-0.2, -0.15) is 0 Å². The highest BCUT2D eigenvalue weighted by atomic mass is 16.5. The van der Waals surface area contributed by atoms with Gasteiger partial charge in [0.25, 0.3) is 0 Å². The Hall–Kier alpha value is -1.61. The molecule has 0 bridgehead atoms. The Balaban J connectivity index is 1.90. The number of para-hydroxylation sites is 1. The molecule has 0 fully saturated rings. The third-order valence-corrected chi connectivity index (χ3v) is 2.58. The van der Waals surface area contributed by atoms with E-state index in [1.165, 1.54) is 0 Å². The molecular weight excluding hydrogens is 212 g/mol. The maximum atomic E-state index is 5.66. The average Bonchev–Trinajstić information content (AvgIpc) is 2.38. The van der Waals surface area contributed by atoms with Gasteiger partial charge in [0.1, 0.15) is 5.75 Å². The molecule has 0 spiro atoms. The van der Waals surface area contributed by atoms with Gasteiger partial charge in [-0.15, -0.1) is 0 Å². The number of nitrogens with one attached hydrogen (secondary N) is 1. The molecule has 0 amide bonds. The number of aromatic nitrogens is 1. The molecule has 0 unspecified atom stereocenters. The molecule has 1 heterocycles. The van der Waals surface area contributed by atoms with Crippen molar-refractivity contribution in [3.8, 4) is 5.75 Å². The molecule has 0 atom stereocenters. The lowest BCUT2D eigenvalue weighted by atomic mass is 10.2. The molecule has 0 aliphatic carbocycles. The summed E-state index contributed by atoms with van der Waals surface area (Å²) in [6.45, 7) is 4.84. The van der Waals surface area contributed by atoms with Crippen LogP contribution in [-0.4, -0.2) is 24.7 Å². The molecule has 2 rings (SSSR count). The number of benzene rings is 1. The number of hydrogen-bond donors (Lipinski definition) is 1. The Morgan fingerprint density at radius 3 is 3.06 bits per heavy atom. The van der Waals surface area contributed by atoms with Crippen LogP contribution in [0.1, 0.15) is 13.3 Å². The van der Waals surface area contributed by atoms with Gasteiger partial charge in [0.05, 0.1) is 18.3 Å². The Morgan fingerprint density at radius 2 is 2.18 bits per heavy atom. The van der Waals surface area contributed by atoms with Crippen LogP contribution in [0.3, 0.4) is 0 Å². The monoisotopic (exact) mass is 230 g/mol. The van der Waals surface area contributed by atoms with E-state index in [9.17, 15) is 0 Å². The van der Waals surface area contributed by atoms with Crippen molar-refractivity contribution in [1.29, 1.82) is 0 Å². The van der Waals surface area contributed by atoms with Crippen LogP contribution in [0.5, 0.6) is 5.75 Å². The number of nitrogens with zero attached hydrogens (tertiary/aromatic N) is 1. The topological polar surface area (TPSA) is 34.1 Å². The van der Waals surface area contributed by atoms with E-state index in [0.29, 0.717) is 0 Å². The van der Waals surface area contributed by atoms with Gasteiger partial charge in [-0.1, -0.05) is 25.1 Å². The predicted octanol–water partition coefficient (Wildman–Crippen LogP) is 2.61. The molecule has 3 heteroatoms. The summed E-state index contributed by atoms with van der Waals surface area (Å²) in [6, 6.07) is 10.1. The summed E-state index contributed by atoms with van der Waals surface area (Å²) >= 11 is 0. The van der Waals surface area contributed by atoms with Gasteiger partial charge in [-0.3, -0.25) is 4.98 Å². The first-order valence-electron chi connectivity index (χ1n) is 6.08. The molecular formula is C14H18N2O. The fraction of sp³-hybridized carbons (Fsp3) is 0.357. The van der Waals surface area contributed by atoms with Crippen molar-refractivity contribution in [3.63, 3.8) is 0 Å². The number of fused-ring (bicyclic) bond motifs is 1. The van der Waals surface area contributed by atoms with Gasteiger partial charge in [0.15, 0.2) is 0 Å². The van der Waals surface area contributed by atoms with Crippen molar-refractivity contribution >= 4 is 10.9 Å². The van der Waals surface area contributed by atoms with Crippen LogP contribution in [-0.2, 0) is 0 Å². The lowest BCUT2D eigenvalue weighted by molar-refractivity contribution is 0.308. The summed E-state index contributed by atoms with van der Waals surface area (Å²) < 4.78 is 5.66. The second-order valence-corrected chi connectivity index (χ2v) is 3.92. The summed E-state index contributed by atoms with van der Waals surface area (Å²) in [6.07, 6.45) is 2.80. The summed E-state index contributed by atoms with van der Waals surface area (Å²) in [5, 5.41) is 4.39. The van der Waals surface area contributed by atoms with Crippen molar-refractivity contribution < 1.29 is 4.74 Å². The van der Waals surface area contributed by atoms with E-state index in [-0.39, 0.29) is 0 Å². The van der Waals surface area contributed by atoms with Gasteiger partial charge in [-0.05, 0) is 31.6 Å². The fourth-order valence-corrected chi connectivity index (χ4v) is 1.69. The molecule has 1 N–H and O–H groups in total. The van der Waals surface area contributed by atoms with E-state index in [2.05, 4.69) is 17.2 Å². The lowest BCUT2D eigenvalue weighted by Gasteiger charge is -2.06. The Labute approximate surface area is 102 Å². The van der Waals surface area contributed by atoms with Crippen LogP contribution in [0.15, 0.2) is 36.5 Å². The second kappa shape index (κ2) is 6.21. The minimum absolute atomic E-state index is 0.729. The van der Waals surface area contributed by atoms with Gasteiger partial charge in [0, 0.05) is 5.39 Å². The van der Waals surface area contributed by atoms with Gasteiger partial charge >= 0.3 is 0 Å². The summed E-state index contributed by atoms with van der Waals surface area (Å²) in [5.74, 6) is 0.847. The average molecular weight is 230 g/mol. The van der Waals surface area contributed by atoms with Crippen molar-refractivity contribution in [1.82, 2.24) is 10.3 Å². The smallest absolute Gasteiger partial charge is 0.138 e. The summed E-state index contributed by atoms with van der Waals surface area (Å²) in [4.78, 5) is 4.36. The van der Waals surface area contributed by atoms with E-state index in [1.807, 2.05) is 30.3 Å². The van der Waals surface area contributed by atoms with Crippen molar-refractivity contribution in [2.45, 2.75) is 13.3 Å². The molecule has 2 aromatic rings. The standard InChI is InChI=1S/C14H18N2O/c1-2-15-8-5-9-17-13-10-12-6-3-4-7-14(12)16-11-13/h3-4,6-7,10-11,15H,2,5,8-9H2,1H3. The van der Waals surface area contributed by atoms with Crippen molar-refractivity contribution in [2.75, 3.05) is 19.7 Å². The molecule has 3 nitrogen and oxygen atoms in total. The van der Waals surface area contributed by atoms with Crippen LogP contribution >= 0.6 is 0 Å². The van der Waals surface area contributed by atoms with Gasteiger partial charge < -0.3 is 10.1 Å². The molecule has 1 aromatic heterocycles. The number of pyridine rings is 1. The molecule has 0 saturated heterocycles. The maximum Gasteiger partial charge on any atom is 0.138 e. The maximum absolute atomic E-state index is 5.66. The van der Waals surface area contributed by atoms with E-state index >= 15 is 0 Å². The quantitative estimate of drug-likeness (QED) is 0.775. The molecule has 17 heavy (non-hydrogen) atoms. The van der Waals surface area contributed by atoms with E-state index < -0.39 is 0 Å². The van der Waals surface area contributed by atoms with Crippen LogP contribution < -0.4 is 10.1 Å². The molecule has 0 saturated carbocycles. The fourth-order valence-electron chi connectivity index (χ4n) is 1.69. The minimum atomic E-state index is 0.729. The molecule has 90 valence electrons. The minimum Gasteiger partial charge on any atom is -0.492 e. The molecule has 0 radical (unpaired) electrons. The van der Waals surface area contributed by atoms with Crippen LogP contribution in [0, 0.1) is 0 Å². The second-order valence-electron chi connectivity index (χ2n) is 3.92. The van der Waals surface area contributed by atoms with Gasteiger partial charge in [0.2, 0.25) is 0 Å². The van der Waals surface area contributed by atoms with Crippen molar-refractivity contribution in [2.24, 2.45) is 0 Å². The highest BCUT2D eigenvalue weighted by Gasteiger charge is 1.97. The zero-order valence-corrected chi connectivity index (χ0v) is 10.1. The highest BCUT2D eigenvalue weighted by molar-refractivity contribution is 5.79. The first-order valence-corrected chi connectivity index (χ1v) is 6.08. The van der Waals surface area contributed by atoms with Gasteiger partial charge in [-0.25, -0.2) is 0 Å².